The molecular weight excluding hydrogens is 351 g/mol. The summed E-state index contributed by atoms with van der Waals surface area (Å²) < 4.78 is 13.1. The molecule has 2 aromatic rings. The number of hydrogen-bond donors (Lipinski definition) is 0. The molecule has 1 amide bonds. The summed E-state index contributed by atoms with van der Waals surface area (Å²) in [6.07, 6.45) is 0.873. The molecule has 26 heavy (non-hydrogen) atoms. The van der Waals surface area contributed by atoms with E-state index in [1.54, 1.807) is 12.1 Å². The quantitative estimate of drug-likeness (QED) is 0.804. The van der Waals surface area contributed by atoms with E-state index in [-0.39, 0.29) is 23.6 Å². The van der Waals surface area contributed by atoms with E-state index >= 15 is 0 Å². The summed E-state index contributed by atoms with van der Waals surface area (Å²) in [5.74, 6) is 0.308. The summed E-state index contributed by atoms with van der Waals surface area (Å²) in [6.45, 7) is 5.19. The lowest BCUT2D eigenvalue weighted by Crippen LogP contribution is -2.49. The maximum Gasteiger partial charge on any atom is 0.226 e. The minimum Gasteiger partial charge on any atom is -0.368 e. The fourth-order valence-corrected chi connectivity index (χ4v) is 4.04. The number of hydrogen-bond acceptors (Lipinski definition) is 2. The van der Waals surface area contributed by atoms with Crippen molar-refractivity contribution in [1.82, 2.24) is 4.90 Å². The maximum absolute atomic E-state index is 13.1. The Hall–Kier alpha value is -2.07. The van der Waals surface area contributed by atoms with Gasteiger partial charge in [0.1, 0.15) is 5.82 Å². The van der Waals surface area contributed by atoms with Gasteiger partial charge in [-0.1, -0.05) is 29.8 Å². The molecule has 2 atom stereocenters. The molecule has 2 aromatic carbocycles. The number of anilines is 1. The van der Waals surface area contributed by atoms with Crippen LogP contribution in [0.4, 0.5) is 10.1 Å². The van der Waals surface area contributed by atoms with Crippen molar-refractivity contribution in [3.8, 4) is 0 Å². The summed E-state index contributed by atoms with van der Waals surface area (Å²) in [7, 11) is 0. The first kappa shape index (κ1) is 17.3. The molecule has 0 N–H and O–H groups in total. The molecule has 2 aliphatic rings. The smallest absolute Gasteiger partial charge is 0.226 e. The Morgan fingerprint density at radius 3 is 2.46 bits per heavy atom. The van der Waals surface area contributed by atoms with Crippen LogP contribution >= 0.6 is 11.6 Å². The predicted octanol–water partition coefficient (Wildman–Crippen LogP) is 4.24. The van der Waals surface area contributed by atoms with Gasteiger partial charge in [0.15, 0.2) is 0 Å². The molecule has 0 radical (unpaired) electrons. The third-order valence-corrected chi connectivity index (χ3v) is 5.74. The SMILES string of the molecule is Cc1ccc(Cl)cc1N1CCN(C(=O)[C@H]2CC2c2ccc(F)cc2)CC1. The zero-order valence-electron chi connectivity index (χ0n) is 14.8. The lowest BCUT2D eigenvalue weighted by atomic mass is 10.1. The highest BCUT2D eigenvalue weighted by Gasteiger charge is 2.46. The molecule has 0 aromatic heterocycles. The molecule has 1 aliphatic heterocycles. The van der Waals surface area contributed by atoms with Crippen LogP contribution in [-0.2, 0) is 4.79 Å². The van der Waals surface area contributed by atoms with Crippen molar-refractivity contribution in [3.05, 3.63) is 64.4 Å². The first-order valence-corrected chi connectivity index (χ1v) is 9.46. The van der Waals surface area contributed by atoms with Crippen LogP contribution in [0, 0.1) is 18.7 Å². The van der Waals surface area contributed by atoms with Crippen molar-refractivity contribution < 1.29 is 9.18 Å². The van der Waals surface area contributed by atoms with Crippen molar-refractivity contribution in [3.63, 3.8) is 0 Å². The van der Waals surface area contributed by atoms with E-state index in [0.717, 1.165) is 48.9 Å². The van der Waals surface area contributed by atoms with Crippen LogP contribution in [0.1, 0.15) is 23.5 Å². The summed E-state index contributed by atoms with van der Waals surface area (Å²) in [6, 6.07) is 12.5. The lowest BCUT2D eigenvalue weighted by molar-refractivity contribution is -0.132. The van der Waals surface area contributed by atoms with Gasteiger partial charge in [-0.25, -0.2) is 4.39 Å². The Kier molecular flexibility index (Phi) is 4.62. The number of piperazine rings is 1. The van der Waals surface area contributed by atoms with Gasteiger partial charge < -0.3 is 9.80 Å². The first-order valence-electron chi connectivity index (χ1n) is 9.08. The van der Waals surface area contributed by atoms with Crippen LogP contribution in [0.25, 0.3) is 0 Å². The van der Waals surface area contributed by atoms with Crippen LogP contribution in [0.5, 0.6) is 0 Å². The van der Waals surface area contributed by atoms with Gasteiger partial charge in [-0.05, 0) is 54.7 Å². The minimum absolute atomic E-state index is 0.0555. The second kappa shape index (κ2) is 6.92. The van der Waals surface area contributed by atoms with Crippen LogP contribution in [0.3, 0.4) is 0 Å². The van der Waals surface area contributed by atoms with Crippen molar-refractivity contribution in [2.24, 2.45) is 5.92 Å². The van der Waals surface area contributed by atoms with Crippen molar-refractivity contribution in [2.45, 2.75) is 19.3 Å². The summed E-state index contributed by atoms with van der Waals surface area (Å²) in [5, 5.41) is 0.740. The monoisotopic (exact) mass is 372 g/mol. The van der Waals surface area contributed by atoms with E-state index in [1.165, 1.54) is 17.7 Å². The molecule has 1 saturated heterocycles. The number of halogens is 2. The Morgan fingerprint density at radius 1 is 1.08 bits per heavy atom. The third-order valence-electron chi connectivity index (χ3n) is 5.51. The summed E-state index contributed by atoms with van der Waals surface area (Å²) >= 11 is 6.13. The highest BCUT2D eigenvalue weighted by Crippen LogP contribution is 2.48. The van der Waals surface area contributed by atoms with Gasteiger partial charge in [0, 0.05) is 42.8 Å². The fourth-order valence-electron chi connectivity index (χ4n) is 3.87. The highest BCUT2D eigenvalue weighted by molar-refractivity contribution is 6.30. The maximum atomic E-state index is 13.1. The van der Waals surface area contributed by atoms with Crippen molar-refractivity contribution in [1.29, 1.82) is 0 Å². The molecule has 5 heteroatoms. The molecule has 1 saturated carbocycles. The van der Waals surface area contributed by atoms with Gasteiger partial charge in [-0.3, -0.25) is 4.79 Å². The highest BCUT2D eigenvalue weighted by atomic mass is 35.5. The number of carbonyl (C=O) groups is 1. The summed E-state index contributed by atoms with van der Waals surface area (Å²) in [5.41, 5.74) is 3.42. The number of carbonyl (C=O) groups excluding carboxylic acids is 1. The molecule has 136 valence electrons. The number of amides is 1. The Balaban J connectivity index is 1.36. The standard InChI is InChI=1S/C21H22ClFN2O/c1-14-2-5-16(22)12-20(14)24-8-10-25(11-9-24)21(26)19-13-18(19)15-3-6-17(23)7-4-15/h2-7,12,18-19H,8-11,13H2,1H3/t18?,19-/m0/s1. The van der Waals surface area contributed by atoms with Gasteiger partial charge in [-0.2, -0.15) is 0 Å². The van der Waals surface area contributed by atoms with E-state index in [0.29, 0.717) is 0 Å². The molecule has 4 rings (SSSR count). The average molecular weight is 373 g/mol. The van der Waals surface area contributed by atoms with Gasteiger partial charge in [0.05, 0.1) is 0 Å². The van der Waals surface area contributed by atoms with Gasteiger partial charge in [0.2, 0.25) is 5.91 Å². The molecule has 1 unspecified atom stereocenters. The fraction of sp³-hybridized carbons (Fsp3) is 0.381. The molecule has 3 nitrogen and oxygen atoms in total. The van der Waals surface area contributed by atoms with Crippen LogP contribution in [-0.4, -0.2) is 37.0 Å². The van der Waals surface area contributed by atoms with Crippen molar-refractivity contribution >= 4 is 23.2 Å². The van der Waals surface area contributed by atoms with E-state index < -0.39 is 0 Å². The van der Waals surface area contributed by atoms with Crippen LogP contribution in [0.2, 0.25) is 5.02 Å². The normalized spacial score (nSPS) is 22.4. The number of benzene rings is 2. The average Bonchev–Trinajstić information content (AvgIpc) is 3.45. The minimum atomic E-state index is -0.232. The van der Waals surface area contributed by atoms with Crippen LogP contribution < -0.4 is 4.90 Å². The van der Waals surface area contributed by atoms with Crippen molar-refractivity contribution in [2.75, 3.05) is 31.1 Å². The van der Waals surface area contributed by atoms with Gasteiger partial charge in [0.25, 0.3) is 0 Å². The van der Waals surface area contributed by atoms with Gasteiger partial charge >= 0.3 is 0 Å². The molecule has 0 spiro atoms. The zero-order chi connectivity index (χ0) is 18.3. The largest absolute Gasteiger partial charge is 0.368 e. The number of aryl methyl sites for hydroxylation is 1. The lowest BCUT2D eigenvalue weighted by Gasteiger charge is -2.37. The molecule has 2 fully saturated rings. The molecule has 0 bridgehead atoms. The van der Waals surface area contributed by atoms with Crippen LogP contribution in [0.15, 0.2) is 42.5 Å². The topological polar surface area (TPSA) is 23.6 Å². The first-order chi connectivity index (χ1) is 12.5. The zero-order valence-corrected chi connectivity index (χ0v) is 15.5. The second-order valence-corrected chi connectivity index (χ2v) is 7.68. The Morgan fingerprint density at radius 2 is 1.77 bits per heavy atom. The number of rotatable bonds is 3. The number of nitrogens with zero attached hydrogens (tertiary/aromatic N) is 2. The Labute approximate surface area is 158 Å². The Bertz CT molecular complexity index is 815. The molecular formula is C21H22ClFN2O. The van der Waals surface area contributed by atoms with E-state index in [1.807, 2.05) is 23.1 Å². The second-order valence-electron chi connectivity index (χ2n) is 7.24. The van der Waals surface area contributed by atoms with E-state index in [4.69, 9.17) is 11.6 Å². The predicted molar refractivity (Wildman–Crippen MR) is 102 cm³/mol. The van der Waals surface area contributed by atoms with E-state index in [9.17, 15) is 9.18 Å². The summed E-state index contributed by atoms with van der Waals surface area (Å²) in [4.78, 5) is 17.1. The van der Waals surface area contributed by atoms with Gasteiger partial charge in [-0.15, -0.1) is 0 Å². The molecule has 1 heterocycles. The molecule has 1 aliphatic carbocycles. The van der Waals surface area contributed by atoms with E-state index in [2.05, 4.69) is 11.8 Å². The third kappa shape index (κ3) is 3.43.